The van der Waals surface area contributed by atoms with E-state index in [1.165, 1.54) is 11.3 Å². The molecule has 0 radical (unpaired) electrons. The molecular weight excluding hydrogens is 376 g/mol. The molecule has 5 aromatic rings. The van der Waals surface area contributed by atoms with Crippen LogP contribution in [0.3, 0.4) is 0 Å². The van der Waals surface area contributed by atoms with E-state index < -0.39 is 0 Å². The van der Waals surface area contributed by atoms with Gasteiger partial charge in [-0.1, -0.05) is 54.6 Å². The van der Waals surface area contributed by atoms with Crippen molar-refractivity contribution in [1.82, 2.24) is 9.97 Å². The highest BCUT2D eigenvalue weighted by Gasteiger charge is 2.18. The largest absolute Gasteiger partial charge is 0.288 e. The van der Waals surface area contributed by atoms with E-state index in [-0.39, 0.29) is 5.78 Å². The fourth-order valence-electron chi connectivity index (χ4n) is 3.31. The predicted octanol–water partition coefficient (Wildman–Crippen LogP) is 6.27. The van der Waals surface area contributed by atoms with Crippen LogP contribution in [0.1, 0.15) is 20.9 Å². The van der Waals surface area contributed by atoms with Gasteiger partial charge in [0.25, 0.3) is 0 Å². The summed E-state index contributed by atoms with van der Waals surface area (Å²) in [6.45, 7) is 0. The summed E-state index contributed by atoms with van der Waals surface area (Å²) in [6, 6.07) is 27.3. The Morgan fingerprint density at radius 3 is 2.52 bits per heavy atom. The van der Waals surface area contributed by atoms with Crippen LogP contribution < -0.4 is 0 Å². The molecule has 0 aliphatic heterocycles. The van der Waals surface area contributed by atoms with E-state index in [1.54, 1.807) is 6.20 Å². The number of nitrogens with zero attached hydrogens (tertiary/aromatic N) is 2. The summed E-state index contributed by atoms with van der Waals surface area (Å²) in [7, 11) is 0. The van der Waals surface area contributed by atoms with Gasteiger partial charge in [-0.3, -0.25) is 9.78 Å². The smallest absolute Gasteiger partial charge is 0.196 e. The van der Waals surface area contributed by atoms with Crippen molar-refractivity contribution >= 4 is 49.9 Å². The third kappa shape index (κ3) is 3.46. The van der Waals surface area contributed by atoms with Crippen LogP contribution in [-0.2, 0) is 0 Å². The quantitative estimate of drug-likeness (QED) is 0.267. The highest BCUT2D eigenvalue weighted by Crippen LogP contribution is 2.31. The molecule has 0 N–H and O–H groups in total. The van der Waals surface area contributed by atoms with Crippen LogP contribution in [0.4, 0.5) is 0 Å². The zero-order chi connectivity index (χ0) is 19.6. The van der Waals surface area contributed by atoms with E-state index in [2.05, 4.69) is 4.98 Å². The predicted molar refractivity (Wildman–Crippen MR) is 120 cm³/mol. The molecule has 0 aliphatic carbocycles. The molecular formula is C25H16N2OS. The third-order valence-corrected chi connectivity index (χ3v) is 5.81. The summed E-state index contributed by atoms with van der Waals surface area (Å²) in [5, 5.41) is 1.77. The Kier molecular flexibility index (Phi) is 4.47. The molecule has 0 aliphatic rings. The Morgan fingerprint density at radius 1 is 0.828 bits per heavy atom. The average molecular weight is 392 g/mol. The number of pyridine rings is 1. The van der Waals surface area contributed by atoms with Crippen molar-refractivity contribution in [2.75, 3.05) is 0 Å². The maximum absolute atomic E-state index is 13.4. The number of hydrogen-bond acceptors (Lipinski definition) is 4. The van der Waals surface area contributed by atoms with E-state index in [9.17, 15) is 4.79 Å². The van der Waals surface area contributed by atoms with E-state index in [4.69, 9.17) is 4.98 Å². The van der Waals surface area contributed by atoms with Crippen LogP contribution in [0.2, 0.25) is 0 Å². The van der Waals surface area contributed by atoms with Gasteiger partial charge in [-0.05, 0) is 42.0 Å². The first-order valence-electron chi connectivity index (χ1n) is 9.30. The molecule has 5 rings (SSSR count). The Hall–Kier alpha value is -3.63. The monoisotopic (exact) mass is 392 g/mol. The number of rotatable bonds is 4. The maximum Gasteiger partial charge on any atom is 0.196 e. The van der Waals surface area contributed by atoms with Crippen molar-refractivity contribution in [3.05, 3.63) is 107 Å². The van der Waals surface area contributed by atoms with Crippen LogP contribution in [0.5, 0.6) is 0 Å². The summed E-state index contributed by atoms with van der Waals surface area (Å²) in [5.74, 6) is -0.0315. The maximum atomic E-state index is 13.4. The molecule has 4 heteroatoms. The number of carbonyl (C=O) groups excluding carboxylic acids is 1. The van der Waals surface area contributed by atoms with E-state index in [0.29, 0.717) is 11.1 Å². The Labute approximate surface area is 172 Å². The summed E-state index contributed by atoms with van der Waals surface area (Å²) in [6.07, 6.45) is 3.71. The summed E-state index contributed by atoms with van der Waals surface area (Å²) < 4.78 is 1.07. The van der Waals surface area contributed by atoms with Gasteiger partial charge < -0.3 is 0 Å². The van der Waals surface area contributed by atoms with Gasteiger partial charge in [0.05, 0.1) is 21.3 Å². The molecule has 0 bridgehead atoms. The standard InChI is InChI=1S/C25H16N2OS/c28-24(18-7-2-1-3-8-18)20(25-27-22-10-4-5-11-23(22)29-25)16-17-12-13-21-19(15-17)9-6-14-26-21/h1-16H/b20-16-. The Bertz CT molecular complexity index is 1340. The van der Waals surface area contributed by atoms with E-state index >= 15 is 0 Å². The second kappa shape index (κ2) is 7.41. The number of para-hydroxylation sites is 1. The van der Waals surface area contributed by atoms with Gasteiger partial charge in [-0.2, -0.15) is 0 Å². The minimum absolute atomic E-state index is 0.0315. The molecule has 0 fully saturated rings. The SMILES string of the molecule is O=C(/C(=C/c1ccc2ncccc2c1)c1nc2ccccc2s1)c1ccccc1. The molecule has 0 spiro atoms. The minimum atomic E-state index is -0.0315. The molecule has 0 saturated heterocycles. The molecule has 0 unspecified atom stereocenters. The molecule has 0 saturated carbocycles. The van der Waals surface area contributed by atoms with Crippen LogP contribution in [0, 0.1) is 0 Å². The zero-order valence-corrected chi connectivity index (χ0v) is 16.3. The number of allylic oxidation sites excluding steroid dienone is 1. The van der Waals surface area contributed by atoms with Crippen molar-refractivity contribution in [3.8, 4) is 0 Å². The van der Waals surface area contributed by atoms with E-state index in [1.807, 2.05) is 91.0 Å². The molecule has 3 aromatic carbocycles. The molecule has 0 amide bonds. The number of hydrogen-bond donors (Lipinski definition) is 0. The fraction of sp³-hybridized carbons (Fsp3) is 0. The first-order valence-corrected chi connectivity index (χ1v) is 10.1. The van der Waals surface area contributed by atoms with Gasteiger partial charge in [-0.25, -0.2) is 4.98 Å². The first-order chi connectivity index (χ1) is 14.3. The van der Waals surface area contributed by atoms with Crippen molar-refractivity contribution < 1.29 is 4.79 Å². The first kappa shape index (κ1) is 17.5. The highest BCUT2D eigenvalue weighted by molar-refractivity contribution is 7.20. The van der Waals surface area contributed by atoms with Gasteiger partial charge in [0.1, 0.15) is 5.01 Å². The third-order valence-electron chi connectivity index (χ3n) is 4.74. The number of carbonyl (C=O) groups is 1. The number of thiazole rings is 1. The number of ketones is 1. The van der Waals surface area contributed by atoms with Crippen molar-refractivity contribution in [2.24, 2.45) is 0 Å². The average Bonchev–Trinajstić information content (AvgIpc) is 3.21. The molecule has 0 atom stereocenters. The van der Waals surface area contributed by atoms with Crippen LogP contribution in [-0.4, -0.2) is 15.8 Å². The normalized spacial score (nSPS) is 11.8. The van der Waals surface area contributed by atoms with Gasteiger partial charge >= 0.3 is 0 Å². The van der Waals surface area contributed by atoms with Crippen molar-refractivity contribution in [3.63, 3.8) is 0 Å². The molecule has 2 aromatic heterocycles. The summed E-state index contributed by atoms with van der Waals surface area (Å²) in [5.41, 5.74) is 4.03. The van der Waals surface area contributed by atoms with Gasteiger partial charge in [-0.15, -0.1) is 11.3 Å². The Balaban J connectivity index is 1.68. The summed E-state index contributed by atoms with van der Waals surface area (Å²) >= 11 is 1.54. The van der Waals surface area contributed by atoms with Crippen LogP contribution in [0.15, 0.2) is 91.1 Å². The van der Waals surface area contributed by atoms with Gasteiger partial charge in [0.2, 0.25) is 0 Å². The minimum Gasteiger partial charge on any atom is -0.288 e. The Morgan fingerprint density at radius 2 is 1.66 bits per heavy atom. The molecule has 3 nitrogen and oxygen atoms in total. The molecule has 2 heterocycles. The lowest BCUT2D eigenvalue weighted by atomic mass is 10.0. The van der Waals surface area contributed by atoms with E-state index in [0.717, 1.165) is 31.7 Å². The molecule has 29 heavy (non-hydrogen) atoms. The van der Waals surface area contributed by atoms with Crippen LogP contribution >= 0.6 is 11.3 Å². The van der Waals surface area contributed by atoms with Crippen molar-refractivity contribution in [1.29, 1.82) is 0 Å². The molecule has 138 valence electrons. The lowest BCUT2D eigenvalue weighted by Crippen LogP contribution is -2.02. The highest BCUT2D eigenvalue weighted by atomic mass is 32.1. The summed E-state index contributed by atoms with van der Waals surface area (Å²) in [4.78, 5) is 22.5. The lowest BCUT2D eigenvalue weighted by molar-refractivity contribution is 0.105. The van der Waals surface area contributed by atoms with Gasteiger partial charge in [0.15, 0.2) is 5.78 Å². The number of Topliss-reactive ketones (excluding diaryl/α,β-unsaturated/α-hetero) is 1. The number of benzene rings is 3. The van der Waals surface area contributed by atoms with Gasteiger partial charge in [0, 0.05) is 17.1 Å². The number of fused-ring (bicyclic) bond motifs is 2. The van der Waals surface area contributed by atoms with Crippen molar-refractivity contribution in [2.45, 2.75) is 0 Å². The fourth-order valence-corrected chi connectivity index (χ4v) is 4.29. The zero-order valence-electron chi connectivity index (χ0n) is 15.4. The topological polar surface area (TPSA) is 42.9 Å². The number of aromatic nitrogens is 2. The second-order valence-electron chi connectivity index (χ2n) is 6.70. The van der Waals surface area contributed by atoms with Crippen LogP contribution in [0.25, 0.3) is 32.8 Å². The second-order valence-corrected chi connectivity index (χ2v) is 7.73. The lowest BCUT2D eigenvalue weighted by Gasteiger charge is -2.05.